The highest BCUT2D eigenvalue weighted by Crippen LogP contribution is 2.32. The number of hydrazone groups is 1. The molecule has 1 N–H and O–H groups in total. The van der Waals surface area contributed by atoms with Crippen LogP contribution in [0.2, 0.25) is 0 Å². The van der Waals surface area contributed by atoms with Gasteiger partial charge in [0.1, 0.15) is 11.5 Å². The number of carbonyl (C=O) groups is 1. The second-order valence-corrected chi connectivity index (χ2v) is 7.24. The fourth-order valence-corrected chi connectivity index (χ4v) is 3.27. The van der Waals surface area contributed by atoms with Crippen molar-refractivity contribution in [3.63, 3.8) is 0 Å². The normalized spacial score (nSPS) is 11.0. The molecule has 3 aromatic rings. The summed E-state index contributed by atoms with van der Waals surface area (Å²) in [4.78, 5) is 12.0. The van der Waals surface area contributed by atoms with Gasteiger partial charge in [0.15, 0.2) is 6.61 Å². The predicted octanol–water partition coefficient (Wildman–Crippen LogP) is 5.31. The summed E-state index contributed by atoms with van der Waals surface area (Å²) in [7, 11) is 0. The summed E-state index contributed by atoms with van der Waals surface area (Å²) in [5.74, 6) is 1.11. The topological polar surface area (TPSA) is 59.9 Å². The number of halogens is 1. The highest BCUT2D eigenvalue weighted by Gasteiger charge is 2.08. The third kappa shape index (κ3) is 6.06. The lowest BCUT2D eigenvalue weighted by Gasteiger charge is -2.09. The Morgan fingerprint density at radius 3 is 2.66 bits per heavy atom. The zero-order valence-corrected chi connectivity index (χ0v) is 17.8. The van der Waals surface area contributed by atoms with Crippen LogP contribution in [0.3, 0.4) is 0 Å². The molecule has 0 bridgehead atoms. The van der Waals surface area contributed by atoms with Gasteiger partial charge < -0.3 is 9.47 Å². The molecule has 3 aromatic carbocycles. The van der Waals surface area contributed by atoms with Crippen LogP contribution in [0.4, 0.5) is 0 Å². The van der Waals surface area contributed by atoms with Gasteiger partial charge in [-0.3, -0.25) is 4.79 Å². The van der Waals surface area contributed by atoms with Gasteiger partial charge in [-0.2, -0.15) is 5.10 Å². The number of nitrogens with one attached hydrogen (secondary N) is 1. The molecule has 29 heavy (non-hydrogen) atoms. The van der Waals surface area contributed by atoms with E-state index in [0.717, 1.165) is 39.4 Å². The Labute approximate surface area is 178 Å². The molecule has 0 aliphatic rings. The molecule has 0 saturated heterocycles. The van der Waals surface area contributed by atoms with Gasteiger partial charge in [-0.15, -0.1) is 0 Å². The maximum atomic E-state index is 12.0. The first-order valence-electron chi connectivity index (χ1n) is 9.52. The van der Waals surface area contributed by atoms with E-state index in [2.05, 4.69) is 33.4 Å². The summed E-state index contributed by atoms with van der Waals surface area (Å²) in [5, 5.41) is 6.11. The number of rotatable bonds is 9. The average molecular weight is 455 g/mol. The molecule has 0 heterocycles. The minimum atomic E-state index is -0.333. The van der Waals surface area contributed by atoms with Crippen molar-refractivity contribution in [2.45, 2.75) is 19.8 Å². The SMILES string of the molecule is CCCCOc1ccc(/C=N/NC(=O)COc2ccc3ccccc3c2Br)cc1. The van der Waals surface area contributed by atoms with Crippen LogP contribution < -0.4 is 14.9 Å². The molecule has 0 aliphatic heterocycles. The summed E-state index contributed by atoms with van der Waals surface area (Å²) in [5.41, 5.74) is 3.34. The maximum absolute atomic E-state index is 12.0. The molecular weight excluding hydrogens is 432 g/mol. The van der Waals surface area contributed by atoms with Crippen LogP contribution in [0, 0.1) is 0 Å². The van der Waals surface area contributed by atoms with Gasteiger partial charge >= 0.3 is 0 Å². The fourth-order valence-electron chi connectivity index (χ4n) is 2.66. The molecule has 0 aliphatic carbocycles. The molecule has 150 valence electrons. The zero-order chi connectivity index (χ0) is 20.5. The van der Waals surface area contributed by atoms with E-state index in [9.17, 15) is 4.79 Å². The van der Waals surface area contributed by atoms with Crippen LogP contribution in [0.1, 0.15) is 25.3 Å². The molecule has 0 spiro atoms. The Bertz CT molecular complexity index is 987. The Kier molecular flexibility index (Phi) is 7.64. The summed E-state index contributed by atoms with van der Waals surface area (Å²) in [6.07, 6.45) is 3.72. The summed E-state index contributed by atoms with van der Waals surface area (Å²) in [6, 6.07) is 19.3. The third-order valence-electron chi connectivity index (χ3n) is 4.24. The van der Waals surface area contributed by atoms with Crippen molar-refractivity contribution in [3.05, 3.63) is 70.7 Å². The molecular formula is C23H23BrN2O3. The number of unbranched alkanes of at least 4 members (excludes halogenated alkanes) is 1. The van der Waals surface area contributed by atoms with Gasteiger partial charge in [-0.05, 0) is 69.0 Å². The van der Waals surface area contributed by atoms with Crippen molar-refractivity contribution in [1.82, 2.24) is 5.43 Å². The van der Waals surface area contributed by atoms with Gasteiger partial charge in [-0.25, -0.2) is 5.43 Å². The van der Waals surface area contributed by atoms with E-state index in [4.69, 9.17) is 9.47 Å². The van der Waals surface area contributed by atoms with Crippen LogP contribution in [0.5, 0.6) is 11.5 Å². The molecule has 0 saturated carbocycles. The molecule has 0 atom stereocenters. The van der Waals surface area contributed by atoms with Crippen molar-refractivity contribution < 1.29 is 14.3 Å². The quantitative estimate of drug-likeness (QED) is 0.270. The molecule has 0 unspecified atom stereocenters. The van der Waals surface area contributed by atoms with Crippen molar-refractivity contribution in [2.24, 2.45) is 5.10 Å². The van der Waals surface area contributed by atoms with Gasteiger partial charge in [-0.1, -0.05) is 43.7 Å². The fraction of sp³-hybridized carbons (Fsp3) is 0.217. The van der Waals surface area contributed by atoms with Gasteiger partial charge in [0.05, 0.1) is 17.3 Å². The van der Waals surface area contributed by atoms with E-state index in [-0.39, 0.29) is 12.5 Å². The molecule has 1 amide bonds. The Morgan fingerprint density at radius 2 is 1.86 bits per heavy atom. The van der Waals surface area contributed by atoms with E-state index < -0.39 is 0 Å². The van der Waals surface area contributed by atoms with Gasteiger partial charge in [0.25, 0.3) is 5.91 Å². The Morgan fingerprint density at radius 1 is 1.07 bits per heavy atom. The highest BCUT2D eigenvalue weighted by molar-refractivity contribution is 9.10. The average Bonchev–Trinajstić information content (AvgIpc) is 2.75. The van der Waals surface area contributed by atoms with Crippen molar-refractivity contribution in [2.75, 3.05) is 13.2 Å². The number of amides is 1. The van der Waals surface area contributed by atoms with Crippen molar-refractivity contribution in [1.29, 1.82) is 0 Å². The maximum Gasteiger partial charge on any atom is 0.277 e. The molecule has 5 nitrogen and oxygen atoms in total. The number of benzene rings is 3. The van der Waals surface area contributed by atoms with E-state index in [0.29, 0.717) is 12.4 Å². The summed E-state index contributed by atoms with van der Waals surface area (Å²) in [6.45, 7) is 2.72. The predicted molar refractivity (Wildman–Crippen MR) is 120 cm³/mol. The largest absolute Gasteiger partial charge is 0.494 e. The Hall–Kier alpha value is -2.86. The number of ether oxygens (including phenoxy) is 2. The van der Waals surface area contributed by atoms with Gasteiger partial charge in [0.2, 0.25) is 0 Å². The van der Waals surface area contributed by atoms with E-state index in [1.165, 1.54) is 0 Å². The second kappa shape index (κ2) is 10.6. The minimum absolute atomic E-state index is 0.127. The number of hydrogen-bond acceptors (Lipinski definition) is 4. The Balaban J connectivity index is 1.48. The van der Waals surface area contributed by atoms with Crippen LogP contribution in [0.15, 0.2) is 70.2 Å². The lowest BCUT2D eigenvalue weighted by Crippen LogP contribution is -2.24. The summed E-state index contributed by atoms with van der Waals surface area (Å²) < 4.78 is 12.1. The zero-order valence-electron chi connectivity index (χ0n) is 16.2. The standard InChI is InChI=1S/C23H23BrN2O3/c1-2-3-14-28-19-11-8-17(9-12-19)15-25-26-22(27)16-29-21-13-10-18-6-4-5-7-20(18)23(21)24/h4-13,15H,2-3,14,16H2,1H3,(H,26,27)/b25-15+. The van der Waals surface area contributed by atoms with Crippen LogP contribution in [-0.2, 0) is 4.79 Å². The first-order valence-corrected chi connectivity index (χ1v) is 10.3. The number of nitrogens with zero attached hydrogens (tertiary/aromatic N) is 1. The smallest absolute Gasteiger partial charge is 0.277 e. The van der Waals surface area contributed by atoms with Gasteiger partial charge in [0, 0.05) is 0 Å². The van der Waals surface area contributed by atoms with Crippen molar-refractivity contribution in [3.8, 4) is 11.5 Å². The monoisotopic (exact) mass is 454 g/mol. The second-order valence-electron chi connectivity index (χ2n) is 6.45. The molecule has 0 radical (unpaired) electrons. The molecule has 0 fully saturated rings. The van der Waals surface area contributed by atoms with E-state index >= 15 is 0 Å². The molecule has 3 rings (SSSR count). The summed E-state index contributed by atoms with van der Waals surface area (Å²) >= 11 is 3.54. The third-order valence-corrected chi connectivity index (χ3v) is 5.05. The van der Waals surface area contributed by atoms with E-state index in [1.54, 1.807) is 6.21 Å². The minimum Gasteiger partial charge on any atom is -0.494 e. The highest BCUT2D eigenvalue weighted by atomic mass is 79.9. The first-order chi connectivity index (χ1) is 14.2. The lowest BCUT2D eigenvalue weighted by atomic mass is 10.1. The van der Waals surface area contributed by atoms with E-state index in [1.807, 2.05) is 60.7 Å². The van der Waals surface area contributed by atoms with Crippen LogP contribution in [0.25, 0.3) is 10.8 Å². The molecule has 6 heteroatoms. The first kappa shape index (κ1) is 20.9. The van der Waals surface area contributed by atoms with Crippen LogP contribution in [-0.4, -0.2) is 25.3 Å². The number of fused-ring (bicyclic) bond motifs is 1. The molecule has 0 aromatic heterocycles. The number of hydrogen-bond donors (Lipinski definition) is 1. The lowest BCUT2D eigenvalue weighted by molar-refractivity contribution is -0.123. The number of carbonyl (C=O) groups excluding carboxylic acids is 1. The van der Waals surface area contributed by atoms with Crippen molar-refractivity contribution >= 4 is 38.8 Å². The van der Waals surface area contributed by atoms with Crippen LogP contribution >= 0.6 is 15.9 Å².